The maximum Gasteiger partial charge on any atom is 0.134 e. The molecule has 0 spiro atoms. The predicted molar refractivity (Wildman–Crippen MR) is 59.1 cm³/mol. The Labute approximate surface area is 91.7 Å². The highest BCUT2D eigenvalue weighted by Gasteiger charge is 2.05. The summed E-state index contributed by atoms with van der Waals surface area (Å²) in [5.74, 6) is 0.442. The summed E-state index contributed by atoms with van der Waals surface area (Å²) in [6.07, 6.45) is 3.80. The van der Waals surface area contributed by atoms with Crippen LogP contribution in [0.15, 0.2) is 28.8 Å². The molecule has 0 N–H and O–H groups in total. The van der Waals surface area contributed by atoms with E-state index in [4.69, 9.17) is 4.74 Å². The van der Waals surface area contributed by atoms with Crippen molar-refractivity contribution < 1.29 is 9.13 Å². The van der Waals surface area contributed by atoms with Gasteiger partial charge >= 0.3 is 0 Å². The van der Waals surface area contributed by atoms with Crippen LogP contribution in [0.25, 0.3) is 0 Å². The molecule has 0 saturated carbocycles. The molecule has 0 heterocycles. The molecule has 0 aromatic heterocycles. The molecule has 14 heavy (non-hydrogen) atoms. The number of halogens is 2. The molecule has 0 saturated heterocycles. The lowest BCUT2D eigenvalue weighted by molar-refractivity contribution is 0.359. The minimum atomic E-state index is -0.227. The van der Waals surface area contributed by atoms with Crippen molar-refractivity contribution in [3.05, 3.63) is 40.1 Å². The van der Waals surface area contributed by atoms with E-state index in [2.05, 4.69) is 15.9 Å². The standard InChI is InChI=1S/C11H12BrFO/c1-3-4-5-14-11-6-8(2)10(13)7-9(11)12/h3-4,6-7H,5H2,1-2H3/b4-3+. The van der Waals surface area contributed by atoms with Crippen LogP contribution in [0, 0.1) is 12.7 Å². The zero-order chi connectivity index (χ0) is 10.6. The Morgan fingerprint density at radius 2 is 2.21 bits per heavy atom. The normalized spacial score (nSPS) is 10.9. The lowest BCUT2D eigenvalue weighted by Gasteiger charge is -2.07. The number of allylic oxidation sites excluding steroid dienone is 1. The molecule has 0 aliphatic carbocycles. The molecule has 0 aliphatic heterocycles. The van der Waals surface area contributed by atoms with E-state index in [0.29, 0.717) is 22.4 Å². The van der Waals surface area contributed by atoms with Gasteiger partial charge in [0, 0.05) is 0 Å². The number of aryl methyl sites for hydroxylation is 1. The summed E-state index contributed by atoms with van der Waals surface area (Å²) in [5.41, 5.74) is 0.587. The van der Waals surface area contributed by atoms with Crippen molar-refractivity contribution in [2.45, 2.75) is 13.8 Å². The molecule has 1 aromatic carbocycles. The minimum absolute atomic E-state index is 0.227. The molecule has 1 aromatic rings. The van der Waals surface area contributed by atoms with Gasteiger partial charge in [0.15, 0.2) is 0 Å². The van der Waals surface area contributed by atoms with Gasteiger partial charge in [0.1, 0.15) is 18.2 Å². The molecule has 0 bridgehead atoms. The Hall–Kier alpha value is -0.830. The van der Waals surface area contributed by atoms with E-state index in [1.54, 1.807) is 13.0 Å². The first-order valence-corrected chi connectivity index (χ1v) is 5.14. The molecule has 0 aliphatic rings. The monoisotopic (exact) mass is 258 g/mol. The van der Waals surface area contributed by atoms with E-state index in [1.165, 1.54) is 6.07 Å². The van der Waals surface area contributed by atoms with Gasteiger partial charge in [-0.15, -0.1) is 0 Å². The molecule has 0 amide bonds. The lowest BCUT2D eigenvalue weighted by atomic mass is 10.2. The van der Waals surface area contributed by atoms with Gasteiger partial charge in [0.05, 0.1) is 4.47 Å². The molecule has 1 nitrogen and oxygen atoms in total. The quantitative estimate of drug-likeness (QED) is 0.749. The summed E-state index contributed by atoms with van der Waals surface area (Å²) < 4.78 is 19.1. The predicted octanol–water partition coefficient (Wildman–Crippen LogP) is 3.85. The van der Waals surface area contributed by atoms with Crippen LogP contribution in [-0.4, -0.2) is 6.61 Å². The smallest absolute Gasteiger partial charge is 0.134 e. The fourth-order valence-corrected chi connectivity index (χ4v) is 1.41. The molecule has 0 atom stereocenters. The van der Waals surface area contributed by atoms with Crippen molar-refractivity contribution in [1.29, 1.82) is 0 Å². The average Bonchev–Trinajstić information content (AvgIpc) is 2.14. The number of ether oxygens (including phenoxy) is 1. The van der Waals surface area contributed by atoms with Crippen molar-refractivity contribution in [2.24, 2.45) is 0 Å². The summed E-state index contributed by atoms with van der Waals surface area (Å²) in [6.45, 7) is 4.14. The Morgan fingerprint density at radius 1 is 1.50 bits per heavy atom. The summed E-state index contributed by atoms with van der Waals surface area (Å²) in [4.78, 5) is 0. The highest BCUT2D eigenvalue weighted by Crippen LogP contribution is 2.27. The molecular formula is C11H12BrFO. The van der Waals surface area contributed by atoms with Crippen molar-refractivity contribution in [1.82, 2.24) is 0 Å². The van der Waals surface area contributed by atoms with Crippen molar-refractivity contribution in [2.75, 3.05) is 6.61 Å². The van der Waals surface area contributed by atoms with Gasteiger partial charge in [-0.2, -0.15) is 0 Å². The minimum Gasteiger partial charge on any atom is -0.488 e. The van der Waals surface area contributed by atoms with Gasteiger partial charge in [-0.25, -0.2) is 4.39 Å². The molecular weight excluding hydrogens is 247 g/mol. The maximum atomic E-state index is 13.0. The molecule has 0 fully saturated rings. The summed E-state index contributed by atoms with van der Waals surface area (Å²) in [6, 6.07) is 3.10. The highest BCUT2D eigenvalue weighted by atomic mass is 79.9. The van der Waals surface area contributed by atoms with E-state index in [9.17, 15) is 4.39 Å². The van der Waals surface area contributed by atoms with Crippen LogP contribution in [0.2, 0.25) is 0 Å². The van der Waals surface area contributed by atoms with Crippen molar-refractivity contribution in [3.8, 4) is 5.75 Å². The number of hydrogen-bond acceptors (Lipinski definition) is 1. The van der Waals surface area contributed by atoms with Gasteiger partial charge in [-0.1, -0.05) is 12.2 Å². The van der Waals surface area contributed by atoms with Crippen LogP contribution in [-0.2, 0) is 0 Å². The Bertz CT molecular complexity index is 347. The highest BCUT2D eigenvalue weighted by molar-refractivity contribution is 9.10. The van der Waals surface area contributed by atoms with E-state index in [1.807, 2.05) is 19.1 Å². The second-order valence-corrected chi connectivity index (χ2v) is 3.77. The molecule has 1 rings (SSSR count). The van der Waals surface area contributed by atoms with Crippen LogP contribution in [0.5, 0.6) is 5.75 Å². The Morgan fingerprint density at radius 3 is 2.86 bits per heavy atom. The van der Waals surface area contributed by atoms with Gasteiger partial charge < -0.3 is 4.74 Å². The van der Waals surface area contributed by atoms with E-state index >= 15 is 0 Å². The average molecular weight is 259 g/mol. The van der Waals surface area contributed by atoms with E-state index in [0.717, 1.165) is 0 Å². The number of rotatable bonds is 3. The largest absolute Gasteiger partial charge is 0.488 e. The SMILES string of the molecule is C/C=C/COc1cc(C)c(F)cc1Br. The summed E-state index contributed by atoms with van der Waals surface area (Å²) in [7, 11) is 0. The first-order valence-electron chi connectivity index (χ1n) is 4.34. The van der Waals surface area contributed by atoms with Gasteiger partial charge in [-0.3, -0.25) is 0 Å². The topological polar surface area (TPSA) is 9.23 Å². The second-order valence-electron chi connectivity index (χ2n) is 2.91. The van der Waals surface area contributed by atoms with E-state index in [-0.39, 0.29) is 5.82 Å². The van der Waals surface area contributed by atoms with Gasteiger partial charge in [0.2, 0.25) is 0 Å². The van der Waals surface area contributed by atoms with Crippen LogP contribution >= 0.6 is 15.9 Å². The fourth-order valence-electron chi connectivity index (χ4n) is 0.975. The first kappa shape index (κ1) is 11.2. The maximum absolute atomic E-state index is 13.0. The zero-order valence-electron chi connectivity index (χ0n) is 8.18. The van der Waals surface area contributed by atoms with Gasteiger partial charge in [0.25, 0.3) is 0 Å². The fraction of sp³-hybridized carbons (Fsp3) is 0.273. The van der Waals surface area contributed by atoms with Crippen LogP contribution in [0.1, 0.15) is 12.5 Å². The summed E-state index contributed by atoms with van der Waals surface area (Å²) in [5, 5.41) is 0. The van der Waals surface area contributed by atoms with Crippen LogP contribution < -0.4 is 4.74 Å². The third-order valence-corrected chi connectivity index (χ3v) is 2.40. The third kappa shape index (κ3) is 2.84. The van der Waals surface area contributed by atoms with Crippen LogP contribution in [0.3, 0.4) is 0 Å². The Balaban J connectivity index is 2.81. The van der Waals surface area contributed by atoms with Crippen LogP contribution in [0.4, 0.5) is 4.39 Å². The van der Waals surface area contributed by atoms with Gasteiger partial charge in [-0.05, 0) is 47.5 Å². The third-order valence-electron chi connectivity index (χ3n) is 1.78. The second kappa shape index (κ2) is 5.15. The van der Waals surface area contributed by atoms with E-state index < -0.39 is 0 Å². The van der Waals surface area contributed by atoms with Crippen molar-refractivity contribution in [3.63, 3.8) is 0 Å². The van der Waals surface area contributed by atoms with Crippen molar-refractivity contribution >= 4 is 15.9 Å². The molecule has 0 radical (unpaired) electrons. The first-order chi connectivity index (χ1) is 6.65. The molecule has 76 valence electrons. The lowest BCUT2D eigenvalue weighted by Crippen LogP contribution is -1.95. The molecule has 0 unspecified atom stereocenters. The zero-order valence-corrected chi connectivity index (χ0v) is 9.77. The summed E-state index contributed by atoms with van der Waals surface area (Å²) >= 11 is 3.24. The Kier molecular flexibility index (Phi) is 4.14. The molecule has 3 heteroatoms. The number of hydrogen-bond donors (Lipinski definition) is 0. The number of benzene rings is 1.